The molecule has 0 aliphatic rings. The number of rotatable bonds is 7. The Balaban J connectivity index is 2.28. The molecule has 124 valence electrons. The molecule has 0 saturated carbocycles. The van der Waals surface area contributed by atoms with Crippen LogP contribution in [-0.2, 0) is 7.05 Å². The molecule has 23 heavy (non-hydrogen) atoms. The average molecular weight is 319 g/mol. The van der Waals surface area contributed by atoms with E-state index >= 15 is 0 Å². The van der Waals surface area contributed by atoms with E-state index in [2.05, 4.69) is 37.6 Å². The Bertz CT molecular complexity index is 717. The van der Waals surface area contributed by atoms with Crippen LogP contribution in [0.25, 0.3) is 0 Å². The first kappa shape index (κ1) is 16.7. The zero-order valence-corrected chi connectivity index (χ0v) is 13.7. The third-order valence-electron chi connectivity index (χ3n) is 3.07. The van der Waals surface area contributed by atoms with Crippen LogP contribution in [0.2, 0.25) is 0 Å². The van der Waals surface area contributed by atoms with Gasteiger partial charge in [0.05, 0.1) is 0 Å². The molecule has 2 N–H and O–H groups in total. The Labute approximate surface area is 134 Å². The molecular weight excluding hydrogens is 298 g/mol. The molecule has 2 aromatic heterocycles. The Kier molecular flexibility index (Phi) is 5.45. The number of hydrogen-bond donors (Lipinski definition) is 2. The van der Waals surface area contributed by atoms with Crippen molar-refractivity contribution >= 4 is 11.9 Å². The maximum Gasteiger partial charge on any atom is 0.330 e. The minimum absolute atomic E-state index is 0.105. The van der Waals surface area contributed by atoms with Crippen molar-refractivity contribution in [2.75, 3.05) is 17.2 Å². The molecule has 2 heterocycles. The lowest BCUT2D eigenvalue weighted by molar-refractivity contribution is 0.407. The van der Waals surface area contributed by atoms with Crippen molar-refractivity contribution in [3.05, 3.63) is 22.5 Å². The van der Waals surface area contributed by atoms with Gasteiger partial charge in [-0.2, -0.15) is 15.0 Å². The molecule has 0 radical (unpaired) electrons. The SMILES string of the molecule is CCNc1nc(NC(C)CC)nc(Oc2ccc(=O)n(C)n2)n1. The van der Waals surface area contributed by atoms with Gasteiger partial charge in [0.25, 0.3) is 5.56 Å². The summed E-state index contributed by atoms with van der Waals surface area (Å²) in [6, 6.07) is 3.16. The van der Waals surface area contributed by atoms with Crippen molar-refractivity contribution < 1.29 is 4.74 Å². The van der Waals surface area contributed by atoms with Crippen LogP contribution >= 0.6 is 0 Å². The summed E-state index contributed by atoms with van der Waals surface area (Å²) in [6.07, 6.45) is 0.931. The predicted molar refractivity (Wildman–Crippen MR) is 86.9 cm³/mol. The van der Waals surface area contributed by atoms with Crippen LogP contribution in [0.1, 0.15) is 27.2 Å². The van der Waals surface area contributed by atoms with Gasteiger partial charge in [0, 0.05) is 31.8 Å². The lowest BCUT2D eigenvalue weighted by atomic mass is 10.3. The molecule has 0 fully saturated rings. The summed E-state index contributed by atoms with van der Waals surface area (Å²) in [5.41, 5.74) is -0.222. The van der Waals surface area contributed by atoms with E-state index in [4.69, 9.17) is 4.74 Å². The topological polar surface area (TPSA) is 107 Å². The molecule has 0 spiro atoms. The third kappa shape index (κ3) is 4.63. The van der Waals surface area contributed by atoms with Crippen molar-refractivity contribution in [3.8, 4) is 11.9 Å². The van der Waals surface area contributed by atoms with Gasteiger partial charge in [-0.05, 0) is 20.3 Å². The largest absolute Gasteiger partial charge is 0.403 e. The van der Waals surface area contributed by atoms with E-state index < -0.39 is 0 Å². The number of aryl methyl sites for hydroxylation is 1. The quantitative estimate of drug-likeness (QED) is 0.788. The van der Waals surface area contributed by atoms with Crippen LogP contribution in [0.5, 0.6) is 11.9 Å². The number of nitrogens with one attached hydrogen (secondary N) is 2. The van der Waals surface area contributed by atoms with Gasteiger partial charge in [-0.3, -0.25) is 4.79 Å². The van der Waals surface area contributed by atoms with Crippen LogP contribution in [0.4, 0.5) is 11.9 Å². The molecule has 0 aromatic carbocycles. The summed E-state index contributed by atoms with van der Waals surface area (Å²) < 4.78 is 6.72. The second-order valence-corrected chi connectivity index (χ2v) is 4.98. The van der Waals surface area contributed by atoms with E-state index in [0.717, 1.165) is 6.42 Å². The smallest absolute Gasteiger partial charge is 0.330 e. The molecule has 9 nitrogen and oxygen atoms in total. The van der Waals surface area contributed by atoms with Crippen LogP contribution in [0, 0.1) is 0 Å². The van der Waals surface area contributed by atoms with Gasteiger partial charge in [-0.1, -0.05) is 6.92 Å². The number of ether oxygens (including phenoxy) is 1. The molecule has 0 amide bonds. The maximum absolute atomic E-state index is 11.4. The molecule has 0 aliphatic heterocycles. The molecule has 2 rings (SSSR count). The van der Waals surface area contributed by atoms with Crippen LogP contribution in [-0.4, -0.2) is 37.3 Å². The molecule has 2 aromatic rings. The number of anilines is 2. The second-order valence-electron chi connectivity index (χ2n) is 4.98. The Morgan fingerprint density at radius 2 is 1.96 bits per heavy atom. The number of nitrogens with zero attached hydrogens (tertiary/aromatic N) is 5. The van der Waals surface area contributed by atoms with Gasteiger partial charge in [-0.15, -0.1) is 5.10 Å². The van der Waals surface area contributed by atoms with Gasteiger partial charge < -0.3 is 15.4 Å². The Morgan fingerprint density at radius 1 is 1.22 bits per heavy atom. The highest BCUT2D eigenvalue weighted by Gasteiger charge is 2.11. The highest BCUT2D eigenvalue weighted by atomic mass is 16.5. The highest BCUT2D eigenvalue weighted by Crippen LogP contribution is 2.17. The zero-order chi connectivity index (χ0) is 16.8. The highest BCUT2D eigenvalue weighted by molar-refractivity contribution is 5.37. The summed E-state index contributed by atoms with van der Waals surface area (Å²) in [7, 11) is 1.54. The summed E-state index contributed by atoms with van der Waals surface area (Å²) in [4.78, 5) is 24.0. The lowest BCUT2D eigenvalue weighted by Crippen LogP contribution is -2.19. The Morgan fingerprint density at radius 3 is 2.61 bits per heavy atom. The minimum Gasteiger partial charge on any atom is -0.403 e. The zero-order valence-electron chi connectivity index (χ0n) is 13.7. The lowest BCUT2D eigenvalue weighted by Gasteiger charge is -2.13. The van der Waals surface area contributed by atoms with E-state index in [0.29, 0.717) is 18.4 Å². The van der Waals surface area contributed by atoms with Crippen molar-refractivity contribution in [2.45, 2.75) is 33.2 Å². The van der Waals surface area contributed by atoms with Gasteiger partial charge in [0.15, 0.2) is 0 Å². The van der Waals surface area contributed by atoms with Gasteiger partial charge in [0.2, 0.25) is 17.8 Å². The fourth-order valence-corrected chi connectivity index (χ4v) is 1.66. The van der Waals surface area contributed by atoms with Gasteiger partial charge in [-0.25, -0.2) is 4.68 Å². The number of aromatic nitrogens is 5. The molecule has 0 saturated heterocycles. The normalized spacial score (nSPS) is 11.8. The summed E-state index contributed by atoms with van der Waals surface area (Å²) in [5, 5.41) is 10.2. The summed E-state index contributed by atoms with van der Waals surface area (Å²) in [6.45, 7) is 6.71. The van der Waals surface area contributed by atoms with Crippen molar-refractivity contribution in [2.24, 2.45) is 7.05 Å². The number of hydrogen-bond acceptors (Lipinski definition) is 8. The third-order valence-corrected chi connectivity index (χ3v) is 3.07. The average Bonchev–Trinajstić information content (AvgIpc) is 2.51. The van der Waals surface area contributed by atoms with E-state index in [1.54, 1.807) is 7.05 Å². The predicted octanol–water partition coefficient (Wildman–Crippen LogP) is 1.40. The second kappa shape index (κ2) is 7.52. The van der Waals surface area contributed by atoms with E-state index in [1.807, 2.05) is 13.8 Å². The van der Waals surface area contributed by atoms with Crippen molar-refractivity contribution in [3.63, 3.8) is 0 Å². The minimum atomic E-state index is -0.222. The first-order chi connectivity index (χ1) is 11.0. The fraction of sp³-hybridized carbons (Fsp3) is 0.500. The maximum atomic E-state index is 11.4. The molecule has 1 atom stereocenters. The standard InChI is InChI=1S/C14H21N7O2/c1-5-9(3)16-13-17-12(15-6-2)18-14(19-13)23-10-7-8-11(22)21(4)20-10/h7-9H,5-6H2,1-4H3,(H2,15,16,17,18,19). The van der Waals surface area contributed by atoms with E-state index in [-0.39, 0.29) is 23.5 Å². The van der Waals surface area contributed by atoms with Crippen LogP contribution in [0.3, 0.4) is 0 Å². The van der Waals surface area contributed by atoms with Gasteiger partial charge in [0.1, 0.15) is 0 Å². The molecule has 9 heteroatoms. The summed E-state index contributed by atoms with van der Waals surface area (Å²) >= 11 is 0. The van der Waals surface area contributed by atoms with Crippen molar-refractivity contribution in [1.82, 2.24) is 24.7 Å². The monoisotopic (exact) mass is 319 g/mol. The van der Waals surface area contributed by atoms with Gasteiger partial charge >= 0.3 is 6.01 Å². The fourth-order valence-electron chi connectivity index (χ4n) is 1.66. The van der Waals surface area contributed by atoms with Crippen LogP contribution < -0.4 is 20.9 Å². The van der Waals surface area contributed by atoms with Crippen molar-refractivity contribution in [1.29, 1.82) is 0 Å². The molecule has 0 bridgehead atoms. The molecule has 0 aliphatic carbocycles. The first-order valence-corrected chi connectivity index (χ1v) is 7.50. The summed E-state index contributed by atoms with van der Waals surface area (Å²) in [5.74, 6) is 1.06. The molecular formula is C14H21N7O2. The van der Waals surface area contributed by atoms with E-state index in [1.165, 1.54) is 16.8 Å². The van der Waals surface area contributed by atoms with Crippen LogP contribution in [0.15, 0.2) is 16.9 Å². The molecule has 1 unspecified atom stereocenters. The van der Waals surface area contributed by atoms with E-state index in [9.17, 15) is 4.79 Å². The Hall–Kier alpha value is -2.71. The first-order valence-electron chi connectivity index (χ1n) is 7.50.